The van der Waals surface area contributed by atoms with Crippen LogP contribution in [-0.2, 0) is 16.1 Å². The monoisotopic (exact) mass is 380 g/mol. The van der Waals surface area contributed by atoms with Crippen molar-refractivity contribution in [3.05, 3.63) is 65.5 Å². The number of hydrogen-bond acceptors (Lipinski definition) is 4. The zero-order valence-corrected chi connectivity index (χ0v) is 15.4. The number of nitrogens with zero attached hydrogens (tertiary/aromatic N) is 2. The summed E-state index contributed by atoms with van der Waals surface area (Å²) in [5, 5.41) is 19.5. The minimum atomic E-state index is -1.12. The Morgan fingerprint density at radius 3 is 2.61 bits per heavy atom. The van der Waals surface area contributed by atoms with E-state index in [1.54, 1.807) is 6.92 Å². The predicted octanol–water partition coefficient (Wildman–Crippen LogP) is 1.01. The second-order valence-electron chi connectivity index (χ2n) is 7.33. The van der Waals surface area contributed by atoms with Crippen molar-refractivity contribution in [3.8, 4) is 0 Å². The van der Waals surface area contributed by atoms with Crippen molar-refractivity contribution in [2.75, 3.05) is 5.73 Å². The van der Waals surface area contributed by atoms with E-state index in [-0.39, 0.29) is 17.6 Å². The number of nitrogens with two attached hydrogens (primary N) is 1. The molecule has 0 spiro atoms. The SMILES string of the molecule is C[C@@H](O)[C@H]1C(=O)N2C(C(=O)O)=C(c3ccc(C[n+]4ccccc4N)cc3)C[C@H]12. The Morgan fingerprint density at radius 1 is 1.29 bits per heavy atom. The summed E-state index contributed by atoms with van der Waals surface area (Å²) in [5.74, 6) is -1.32. The number of aliphatic hydroxyl groups excluding tert-OH is 1. The summed E-state index contributed by atoms with van der Waals surface area (Å²) >= 11 is 0. The van der Waals surface area contributed by atoms with Gasteiger partial charge < -0.3 is 15.1 Å². The van der Waals surface area contributed by atoms with Gasteiger partial charge in [-0.15, -0.1) is 0 Å². The first-order valence-corrected chi connectivity index (χ1v) is 9.19. The number of β-lactam (4-membered cyclic amide) rings is 1. The van der Waals surface area contributed by atoms with Crippen LogP contribution in [0.3, 0.4) is 0 Å². The summed E-state index contributed by atoms with van der Waals surface area (Å²) in [6.45, 7) is 2.18. The van der Waals surface area contributed by atoms with Crippen molar-refractivity contribution in [2.24, 2.45) is 5.92 Å². The van der Waals surface area contributed by atoms with Crippen LogP contribution < -0.4 is 10.3 Å². The Morgan fingerprint density at radius 2 is 2.00 bits per heavy atom. The van der Waals surface area contributed by atoms with Crippen molar-refractivity contribution in [1.29, 1.82) is 0 Å². The average molecular weight is 380 g/mol. The highest BCUT2D eigenvalue weighted by Gasteiger charge is 2.56. The fourth-order valence-corrected chi connectivity index (χ4v) is 4.17. The van der Waals surface area contributed by atoms with E-state index < -0.39 is 18.0 Å². The number of benzene rings is 1. The molecule has 0 aliphatic carbocycles. The molecule has 3 atom stereocenters. The molecule has 4 N–H and O–H groups in total. The largest absolute Gasteiger partial charge is 0.477 e. The number of fused-ring (bicyclic) bond motifs is 1. The first-order valence-electron chi connectivity index (χ1n) is 9.19. The Kier molecular flexibility index (Phi) is 4.39. The van der Waals surface area contributed by atoms with E-state index in [1.807, 2.05) is 53.2 Å². The number of nitrogen functional groups attached to an aromatic ring is 1. The van der Waals surface area contributed by atoms with Crippen LogP contribution >= 0.6 is 0 Å². The number of carboxylic acid groups (broad SMARTS) is 1. The molecule has 2 aliphatic heterocycles. The number of carbonyl (C=O) groups is 2. The standard InChI is InChI=1S/C21H21N3O4/c1-12(25)18-16-10-15(19(21(27)28)24(16)20(18)26)14-7-5-13(6-8-14)11-23-9-3-2-4-17(23)22/h2-9,12,16,18,22,25H,10-11H2,1H3,(H,27,28)/p+1/t12-,16-,18-/m1/s1. The molecule has 0 bridgehead atoms. The van der Waals surface area contributed by atoms with Crippen LogP contribution in [-0.4, -0.2) is 39.1 Å². The second-order valence-corrected chi connectivity index (χ2v) is 7.33. The van der Waals surface area contributed by atoms with Gasteiger partial charge in [0.25, 0.3) is 5.82 Å². The van der Waals surface area contributed by atoms with E-state index in [9.17, 15) is 19.8 Å². The third-order valence-electron chi connectivity index (χ3n) is 5.56. The lowest BCUT2D eigenvalue weighted by atomic mass is 9.82. The minimum absolute atomic E-state index is 0.0290. The molecule has 2 aromatic rings. The van der Waals surface area contributed by atoms with Crippen molar-refractivity contribution in [2.45, 2.75) is 32.0 Å². The minimum Gasteiger partial charge on any atom is -0.477 e. The van der Waals surface area contributed by atoms with Crippen molar-refractivity contribution in [1.82, 2.24) is 4.90 Å². The molecule has 1 aromatic carbocycles. The van der Waals surface area contributed by atoms with Crippen molar-refractivity contribution >= 4 is 23.3 Å². The molecule has 1 amide bonds. The van der Waals surface area contributed by atoms with Crippen LogP contribution in [0.15, 0.2) is 54.4 Å². The predicted molar refractivity (Wildman–Crippen MR) is 102 cm³/mol. The molecule has 0 saturated carbocycles. The van der Waals surface area contributed by atoms with E-state index in [0.29, 0.717) is 24.4 Å². The van der Waals surface area contributed by atoms with Gasteiger partial charge in [-0.3, -0.25) is 10.5 Å². The topological polar surface area (TPSA) is 108 Å². The van der Waals surface area contributed by atoms with Crippen LogP contribution in [0.25, 0.3) is 5.57 Å². The molecule has 0 radical (unpaired) electrons. The number of aromatic nitrogens is 1. The summed E-state index contributed by atoms with van der Waals surface area (Å²) in [6.07, 6.45) is 1.54. The molecule has 2 aliphatic rings. The number of aliphatic carboxylic acids is 1. The molecule has 144 valence electrons. The lowest BCUT2D eigenvalue weighted by Crippen LogP contribution is -2.61. The molecule has 3 heterocycles. The maximum Gasteiger partial charge on any atom is 0.352 e. The van der Waals surface area contributed by atoms with Gasteiger partial charge in [-0.25, -0.2) is 9.36 Å². The Labute approximate surface area is 162 Å². The lowest BCUT2D eigenvalue weighted by molar-refractivity contribution is -0.674. The van der Waals surface area contributed by atoms with Gasteiger partial charge in [-0.1, -0.05) is 30.3 Å². The van der Waals surface area contributed by atoms with Crippen LogP contribution in [0.4, 0.5) is 5.82 Å². The van der Waals surface area contributed by atoms with E-state index in [4.69, 9.17) is 5.73 Å². The number of rotatable bonds is 5. The third-order valence-corrected chi connectivity index (χ3v) is 5.56. The van der Waals surface area contributed by atoms with Gasteiger partial charge in [0, 0.05) is 6.07 Å². The van der Waals surface area contributed by atoms with Crippen LogP contribution in [0, 0.1) is 5.92 Å². The molecule has 1 aromatic heterocycles. The van der Waals surface area contributed by atoms with Gasteiger partial charge >= 0.3 is 5.97 Å². The number of carbonyl (C=O) groups excluding carboxylic acids is 1. The van der Waals surface area contributed by atoms with Gasteiger partial charge in [0.2, 0.25) is 5.91 Å². The Bertz CT molecular complexity index is 981. The van der Waals surface area contributed by atoms with Crippen LogP contribution in [0.5, 0.6) is 0 Å². The molecule has 28 heavy (non-hydrogen) atoms. The maximum absolute atomic E-state index is 12.3. The van der Waals surface area contributed by atoms with E-state index in [1.165, 1.54) is 4.90 Å². The number of pyridine rings is 1. The average Bonchev–Trinajstić information content (AvgIpc) is 2.99. The molecule has 1 saturated heterocycles. The van der Waals surface area contributed by atoms with Gasteiger partial charge in [0.1, 0.15) is 12.2 Å². The zero-order valence-electron chi connectivity index (χ0n) is 15.4. The fourth-order valence-electron chi connectivity index (χ4n) is 4.17. The number of anilines is 1. The first kappa shape index (κ1) is 18.2. The molecule has 7 heteroatoms. The number of carboxylic acids is 1. The van der Waals surface area contributed by atoms with E-state index in [0.717, 1.165) is 11.1 Å². The van der Waals surface area contributed by atoms with Gasteiger partial charge in [0.15, 0.2) is 0 Å². The highest BCUT2D eigenvalue weighted by Crippen LogP contribution is 2.46. The van der Waals surface area contributed by atoms with E-state index >= 15 is 0 Å². The molecular formula is C21H22N3O4+. The quantitative estimate of drug-likeness (QED) is 0.530. The summed E-state index contributed by atoms with van der Waals surface area (Å²) in [6, 6.07) is 13.0. The summed E-state index contributed by atoms with van der Waals surface area (Å²) < 4.78 is 1.92. The van der Waals surface area contributed by atoms with Gasteiger partial charge in [-0.05, 0) is 36.1 Å². The summed E-state index contributed by atoms with van der Waals surface area (Å²) in [5.41, 5.74) is 8.44. The molecule has 4 rings (SSSR count). The van der Waals surface area contributed by atoms with Crippen LogP contribution in [0.2, 0.25) is 0 Å². The van der Waals surface area contributed by atoms with Gasteiger partial charge in [0.05, 0.1) is 24.3 Å². The number of aliphatic hydroxyl groups is 1. The summed E-state index contributed by atoms with van der Waals surface area (Å²) in [4.78, 5) is 25.5. The first-order chi connectivity index (χ1) is 13.4. The number of amides is 1. The molecule has 1 fully saturated rings. The van der Waals surface area contributed by atoms with E-state index in [2.05, 4.69) is 0 Å². The highest BCUT2D eigenvalue weighted by atomic mass is 16.4. The normalized spacial score (nSPS) is 22.1. The molecular weight excluding hydrogens is 358 g/mol. The molecule has 7 nitrogen and oxygen atoms in total. The maximum atomic E-state index is 12.3. The lowest BCUT2D eigenvalue weighted by Gasteiger charge is -2.44. The Hall–Kier alpha value is -3.19. The Balaban J connectivity index is 1.61. The third kappa shape index (κ3) is 2.84. The fraction of sp³-hybridized carbons (Fsp3) is 0.286. The van der Waals surface area contributed by atoms with Crippen molar-refractivity contribution < 1.29 is 24.4 Å². The smallest absolute Gasteiger partial charge is 0.352 e. The summed E-state index contributed by atoms with van der Waals surface area (Å²) in [7, 11) is 0. The number of hydrogen-bond donors (Lipinski definition) is 3. The van der Waals surface area contributed by atoms with Crippen molar-refractivity contribution in [3.63, 3.8) is 0 Å². The highest BCUT2D eigenvalue weighted by molar-refractivity contribution is 6.06. The zero-order chi connectivity index (χ0) is 20.0. The second kappa shape index (κ2) is 6.76. The van der Waals surface area contributed by atoms with Crippen LogP contribution in [0.1, 0.15) is 24.5 Å². The molecule has 0 unspecified atom stereocenters. The van der Waals surface area contributed by atoms with Gasteiger partial charge in [-0.2, -0.15) is 0 Å².